The maximum absolute atomic E-state index is 4.36. The molecule has 1 atom stereocenters. The van der Waals surface area contributed by atoms with Gasteiger partial charge in [0, 0.05) is 20.1 Å². The minimum atomic E-state index is 0.470. The number of nitrogens with one attached hydrogen (secondary N) is 2. The highest BCUT2D eigenvalue weighted by atomic mass is 15.2. The number of hydrogen-bond donors (Lipinski definition) is 2. The molecule has 0 aromatic heterocycles. The van der Waals surface area contributed by atoms with Gasteiger partial charge < -0.3 is 15.5 Å². The molecule has 1 aliphatic rings. The summed E-state index contributed by atoms with van der Waals surface area (Å²) >= 11 is 0. The lowest BCUT2D eigenvalue weighted by Gasteiger charge is -2.31. The van der Waals surface area contributed by atoms with Gasteiger partial charge in [0.1, 0.15) is 0 Å². The molecule has 1 saturated heterocycles. The third-order valence-corrected chi connectivity index (χ3v) is 5.45. The molecule has 1 unspecified atom stereocenters. The first-order chi connectivity index (χ1) is 12.1. The van der Waals surface area contributed by atoms with E-state index >= 15 is 0 Å². The van der Waals surface area contributed by atoms with Crippen molar-refractivity contribution < 1.29 is 0 Å². The molecule has 0 aliphatic carbocycles. The van der Waals surface area contributed by atoms with Crippen LogP contribution in [0.25, 0.3) is 0 Å². The number of piperidine rings is 1. The topological polar surface area (TPSA) is 39.7 Å². The van der Waals surface area contributed by atoms with E-state index in [4.69, 9.17) is 0 Å². The predicted octanol–water partition coefficient (Wildman–Crippen LogP) is 3.39. The number of aliphatic imine (C=N–C) groups is 1. The summed E-state index contributed by atoms with van der Waals surface area (Å²) in [4.78, 5) is 6.91. The fourth-order valence-electron chi connectivity index (χ4n) is 3.47. The van der Waals surface area contributed by atoms with Gasteiger partial charge in [-0.15, -0.1) is 0 Å². The van der Waals surface area contributed by atoms with Gasteiger partial charge in [-0.2, -0.15) is 0 Å². The Morgan fingerprint density at radius 3 is 2.48 bits per heavy atom. The quantitative estimate of drug-likeness (QED) is 0.588. The van der Waals surface area contributed by atoms with Crippen molar-refractivity contribution in [2.24, 2.45) is 10.9 Å². The van der Waals surface area contributed by atoms with Crippen LogP contribution in [0, 0.1) is 12.8 Å². The Kier molecular flexibility index (Phi) is 8.26. The highest BCUT2D eigenvalue weighted by Gasteiger charge is 2.17. The summed E-state index contributed by atoms with van der Waals surface area (Å²) in [5, 5.41) is 6.95. The molecule has 140 valence electrons. The number of guanidine groups is 1. The largest absolute Gasteiger partial charge is 0.356 e. The molecule has 4 nitrogen and oxygen atoms in total. The summed E-state index contributed by atoms with van der Waals surface area (Å²) in [5.41, 5.74) is 2.68. The molecule has 1 aromatic carbocycles. The van der Waals surface area contributed by atoms with Crippen molar-refractivity contribution in [2.45, 2.75) is 46.0 Å². The Morgan fingerprint density at radius 2 is 1.88 bits per heavy atom. The molecule has 0 spiro atoms. The molecule has 0 saturated carbocycles. The molecule has 1 heterocycles. The van der Waals surface area contributed by atoms with Crippen molar-refractivity contribution in [1.29, 1.82) is 0 Å². The number of rotatable bonds is 7. The van der Waals surface area contributed by atoms with Gasteiger partial charge in [0.05, 0.1) is 0 Å². The zero-order valence-electron chi connectivity index (χ0n) is 16.5. The molecule has 1 aliphatic heterocycles. The first kappa shape index (κ1) is 19.8. The highest BCUT2D eigenvalue weighted by molar-refractivity contribution is 5.79. The Labute approximate surface area is 154 Å². The van der Waals surface area contributed by atoms with E-state index in [1.54, 1.807) is 0 Å². The van der Waals surface area contributed by atoms with Crippen LogP contribution in [-0.4, -0.2) is 50.6 Å². The van der Waals surface area contributed by atoms with E-state index < -0.39 is 0 Å². The van der Waals surface area contributed by atoms with Crippen LogP contribution in [0.15, 0.2) is 29.3 Å². The second kappa shape index (κ2) is 10.4. The van der Waals surface area contributed by atoms with E-state index in [2.05, 4.69) is 65.6 Å². The lowest BCUT2D eigenvalue weighted by molar-refractivity contribution is 0.187. The van der Waals surface area contributed by atoms with E-state index in [-0.39, 0.29) is 0 Å². The maximum Gasteiger partial charge on any atom is 0.190 e. The third kappa shape index (κ3) is 6.69. The van der Waals surface area contributed by atoms with Crippen LogP contribution in [0.3, 0.4) is 0 Å². The van der Waals surface area contributed by atoms with Crippen molar-refractivity contribution in [1.82, 2.24) is 15.5 Å². The lowest BCUT2D eigenvalue weighted by Crippen LogP contribution is -2.40. The summed E-state index contributed by atoms with van der Waals surface area (Å²) in [6, 6.07) is 8.81. The standard InChI is InChI=1S/C21H36N4/c1-5-25-14-11-19(12-15-25)10-13-23-21(22-4)24-16-18(3)20-8-6-17(2)7-9-20/h6-9,18-19H,5,10-16H2,1-4H3,(H2,22,23,24). The number of hydrogen-bond acceptors (Lipinski definition) is 2. The Hall–Kier alpha value is -1.55. The van der Waals surface area contributed by atoms with Crippen LogP contribution in [0.4, 0.5) is 0 Å². The number of nitrogens with zero attached hydrogens (tertiary/aromatic N) is 2. The molecule has 1 fully saturated rings. The van der Waals surface area contributed by atoms with Gasteiger partial charge in [0.15, 0.2) is 5.96 Å². The first-order valence-corrected chi connectivity index (χ1v) is 9.85. The van der Waals surface area contributed by atoms with Gasteiger partial charge in [0.25, 0.3) is 0 Å². The predicted molar refractivity (Wildman–Crippen MR) is 108 cm³/mol. The summed E-state index contributed by atoms with van der Waals surface area (Å²) in [6.45, 7) is 12.3. The molecular formula is C21H36N4. The maximum atomic E-state index is 4.36. The van der Waals surface area contributed by atoms with Crippen molar-refractivity contribution in [3.05, 3.63) is 35.4 Å². The van der Waals surface area contributed by atoms with Crippen molar-refractivity contribution in [3.63, 3.8) is 0 Å². The van der Waals surface area contributed by atoms with E-state index in [1.807, 2.05) is 7.05 Å². The fourth-order valence-corrected chi connectivity index (χ4v) is 3.47. The average Bonchev–Trinajstić information content (AvgIpc) is 2.65. The Bertz CT molecular complexity index is 515. The van der Waals surface area contributed by atoms with Crippen LogP contribution < -0.4 is 10.6 Å². The summed E-state index contributed by atoms with van der Waals surface area (Å²) in [7, 11) is 1.85. The molecule has 1 aromatic rings. The van der Waals surface area contributed by atoms with Gasteiger partial charge in [-0.25, -0.2) is 0 Å². The molecule has 0 amide bonds. The average molecular weight is 345 g/mol. The van der Waals surface area contributed by atoms with Gasteiger partial charge in [-0.1, -0.05) is 43.7 Å². The van der Waals surface area contributed by atoms with Gasteiger partial charge >= 0.3 is 0 Å². The van der Waals surface area contributed by atoms with Gasteiger partial charge in [0.2, 0.25) is 0 Å². The molecular weight excluding hydrogens is 308 g/mol. The highest BCUT2D eigenvalue weighted by Crippen LogP contribution is 2.19. The van der Waals surface area contributed by atoms with E-state index in [0.29, 0.717) is 5.92 Å². The molecule has 0 bridgehead atoms. The van der Waals surface area contributed by atoms with Crippen LogP contribution in [-0.2, 0) is 0 Å². The summed E-state index contributed by atoms with van der Waals surface area (Å²) < 4.78 is 0. The van der Waals surface area contributed by atoms with Crippen molar-refractivity contribution in [3.8, 4) is 0 Å². The van der Waals surface area contributed by atoms with E-state index in [1.165, 1.54) is 50.0 Å². The van der Waals surface area contributed by atoms with Crippen LogP contribution >= 0.6 is 0 Å². The minimum absolute atomic E-state index is 0.470. The summed E-state index contributed by atoms with van der Waals surface area (Å²) in [5.74, 6) is 2.25. The van der Waals surface area contributed by atoms with Crippen LogP contribution in [0.2, 0.25) is 0 Å². The normalized spacial score (nSPS) is 18.2. The van der Waals surface area contributed by atoms with E-state index in [0.717, 1.165) is 25.0 Å². The Balaban J connectivity index is 1.66. The molecule has 2 rings (SSSR count). The zero-order valence-corrected chi connectivity index (χ0v) is 16.5. The first-order valence-electron chi connectivity index (χ1n) is 9.85. The number of likely N-dealkylation sites (tertiary alicyclic amines) is 1. The van der Waals surface area contributed by atoms with Crippen molar-refractivity contribution >= 4 is 5.96 Å². The van der Waals surface area contributed by atoms with Crippen LogP contribution in [0.5, 0.6) is 0 Å². The van der Waals surface area contributed by atoms with E-state index in [9.17, 15) is 0 Å². The minimum Gasteiger partial charge on any atom is -0.356 e. The van der Waals surface area contributed by atoms with Gasteiger partial charge in [-0.3, -0.25) is 4.99 Å². The zero-order chi connectivity index (χ0) is 18.1. The fraction of sp³-hybridized carbons (Fsp3) is 0.667. The monoisotopic (exact) mass is 344 g/mol. The second-order valence-corrected chi connectivity index (χ2v) is 7.36. The lowest BCUT2D eigenvalue weighted by atomic mass is 9.93. The SMILES string of the molecule is CCN1CCC(CCNC(=NC)NCC(C)c2ccc(C)cc2)CC1. The summed E-state index contributed by atoms with van der Waals surface area (Å²) in [6.07, 6.45) is 3.92. The molecule has 0 radical (unpaired) electrons. The molecule has 4 heteroatoms. The Morgan fingerprint density at radius 1 is 1.20 bits per heavy atom. The second-order valence-electron chi connectivity index (χ2n) is 7.36. The number of benzene rings is 1. The number of aryl methyl sites for hydroxylation is 1. The smallest absolute Gasteiger partial charge is 0.190 e. The molecule has 25 heavy (non-hydrogen) atoms. The van der Waals surface area contributed by atoms with Crippen LogP contribution in [0.1, 0.15) is 50.2 Å². The molecule has 2 N–H and O–H groups in total. The van der Waals surface area contributed by atoms with Crippen molar-refractivity contribution in [2.75, 3.05) is 39.8 Å². The van der Waals surface area contributed by atoms with Gasteiger partial charge in [-0.05, 0) is 63.2 Å². The third-order valence-electron chi connectivity index (χ3n) is 5.45.